The van der Waals surface area contributed by atoms with Gasteiger partial charge in [0.15, 0.2) is 0 Å². The second kappa shape index (κ2) is 7.68. The first kappa shape index (κ1) is 16.2. The molecule has 0 spiro atoms. The number of aryl methyl sites for hydroxylation is 1. The average Bonchev–Trinajstić information content (AvgIpc) is 2.72. The molecule has 3 heteroatoms. The van der Waals surface area contributed by atoms with E-state index in [1.807, 2.05) is 6.20 Å². The first-order chi connectivity index (χ1) is 8.96. The van der Waals surface area contributed by atoms with Crippen LogP contribution in [0.4, 0.5) is 0 Å². The van der Waals surface area contributed by atoms with Crippen molar-refractivity contribution in [3.8, 4) is 0 Å². The molecule has 0 aromatic carbocycles. The lowest BCUT2D eigenvalue weighted by molar-refractivity contribution is 0.303. The molecule has 1 rings (SSSR count). The monoisotopic (exact) mass is 265 g/mol. The minimum Gasteiger partial charge on any atom is -0.335 e. The Balaban J connectivity index is 2.67. The fraction of sp³-hybridized carbons (Fsp3) is 0.812. The lowest BCUT2D eigenvalue weighted by Crippen LogP contribution is -2.36. The van der Waals surface area contributed by atoms with Gasteiger partial charge in [0.05, 0.1) is 0 Å². The van der Waals surface area contributed by atoms with Crippen LogP contribution in [0.1, 0.15) is 59.7 Å². The zero-order chi connectivity index (χ0) is 14.3. The summed E-state index contributed by atoms with van der Waals surface area (Å²) in [7, 11) is 0. The van der Waals surface area contributed by atoms with E-state index >= 15 is 0 Å². The maximum absolute atomic E-state index is 4.54. The van der Waals surface area contributed by atoms with Gasteiger partial charge in [0.25, 0.3) is 0 Å². The lowest BCUT2D eigenvalue weighted by Gasteiger charge is -2.27. The molecule has 0 bridgehead atoms. The molecular formula is C16H31N3. The summed E-state index contributed by atoms with van der Waals surface area (Å²) < 4.78 is 2.29. The van der Waals surface area contributed by atoms with Crippen molar-refractivity contribution in [3.05, 3.63) is 18.2 Å². The smallest absolute Gasteiger partial charge is 0.110 e. The Bertz CT molecular complexity index is 349. The first-order valence-corrected chi connectivity index (χ1v) is 7.69. The predicted octanol–water partition coefficient (Wildman–Crippen LogP) is 3.64. The summed E-state index contributed by atoms with van der Waals surface area (Å²) in [6, 6.07) is 0.526. The molecule has 0 aliphatic carbocycles. The third-order valence-corrected chi connectivity index (χ3v) is 3.24. The molecule has 0 radical (unpaired) electrons. The van der Waals surface area contributed by atoms with Gasteiger partial charge >= 0.3 is 0 Å². The maximum atomic E-state index is 4.54. The molecule has 1 aromatic heterocycles. The highest BCUT2D eigenvalue weighted by Crippen LogP contribution is 2.22. The first-order valence-electron chi connectivity index (χ1n) is 7.69. The molecular weight excluding hydrogens is 234 g/mol. The van der Waals surface area contributed by atoms with Crippen LogP contribution in [0.15, 0.2) is 12.4 Å². The van der Waals surface area contributed by atoms with Crippen LogP contribution in [0.25, 0.3) is 0 Å². The van der Waals surface area contributed by atoms with E-state index in [1.54, 1.807) is 0 Å². The van der Waals surface area contributed by atoms with E-state index in [4.69, 9.17) is 0 Å². The van der Waals surface area contributed by atoms with E-state index in [0.29, 0.717) is 11.5 Å². The molecule has 0 amide bonds. The molecule has 0 saturated carbocycles. The van der Waals surface area contributed by atoms with Gasteiger partial charge in [0.2, 0.25) is 0 Å². The highest BCUT2D eigenvalue weighted by atomic mass is 15.1. The highest BCUT2D eigenvalue weighted by Gasteiger charge is 2.20. The Morgan fingerprint density at radius 1 is 1.26 bits per heavy atom. The van der Waals surface area contributed by atoms with Crippen LogP contribution in [-0.2, 0) is 13.0 Å². The van der Waals surface area contributed by atoms with E-state index in [9.17, 15) is 0 Å². The van der Waals surface area contributed by atoms with Gasteiger partial charge in [-0.05, 0) is 31.2 Å². The fourth-order valence-electron chi connectivity index (χ4n) is 2.50. The van der Waals surface area contributed by atoms with Crippen LogP contribution in [0.5, 0.6) is 0 Å². The Hall–Kier alpha value is -0.830. The summed E-state index contributed by atoms with van der Waals surface area (Å²) in [6.07, 6.45) is 8.60. The second-order valence-corrected chi connectivity index (χ2v) is 6.66. The summed E-state index contributed by atoms with van der Waals surface area (Å²) in [6.45, 7) is 13.5. The van der Waals surface area contributed by atoms with Crippen LogP contribution < -0.4 is 5.32 Å². The van der Waals surface area contributed by atoms with Crippen LogP contribution >= 0.6 is 0 Å². The van der Waals surface area contributed by atoms with Gasteiger partial charge in [-0.15, -0.1) is 0 Å². The van der Waals surface area contributed by atoms with Crippen molar-refractivity contribution in [1.29, 1.82) is 0 Å². The minimum atomic E-state index is 0.355. The molecule has 0 aliphatic rings. The van der Waals surface area contributed by atoms with Gasteiger partial charge in [-0.25, -0.2) is 4.98 Å². The highest BCUT2D eigenvalue weighted by molar-refractivity contribution is 4.96. The maximum Gasteiger partial charge on any atom is 0.110 e. The van der Waals surface area contributed by atoms with E-state index in [2.05, 4.69) is 55.7 Å². The molecule has 19 heavy (non-hydrogen) atoms. The Morgan fingerprint density at radius 2 is 2.00 bits per heavy atom. The number of aromatic nitrogens is 2. The molecule has 110 valence electrons. The van der Waals surface area contributed by atoms with E-state index in [-0.39, 0.29) is 0 Å². The van der Waals surface area contributed by atoms with Crippen LogP contribution in [0.2, 0.25) is 0 Å². The predicted molar refractivity (Wildman–Crippen MR) is 82.4 cm³/mol. The Kier molecular flexibility index (Phi) is 6.56. The van der Waals surface area contributed by atoms with Crippen molar-refractivity contribution >= 4 is 0 Å². The molecule has 1 aromatic rings. The minimum absolute atomic E-state index is 0.355. The molecule has 0 fully saturated rings. The van der Waals surface area contributed by atoms with Gasteiger partial charge in [0, 0.05) is 31.4 Å². The van der Waals surface area contributed by atoms with Crippen molar-refractivity contribution in [2.45, 2.75) is 72.9 Å². The molecule has 1 unspecified atom stereocenters. The van der Waals surface area contributed by atoms with Crippen LogP contribution in [0.3, 0.4) is 0 Å². The molecule has 1 atom stereocenters. The summed E-state index contributed by atoms with van der Waals surface area (Å²) in [4.78, 5) is 4.54. The average molecular weight is 265 g/mol. The summed E-state index contributed by atoms with van der Waals surface area (Å²) in [5, 5.41) is 3.68. The van der Waals surface area contributed by atoms with Crippen molar-refractivity contribution in [1.82, 2.24) is 14.9 Å². The van der Waals surface area contributed by atoms with Crippen molar-refractivity contribution in [2.75, 3.05) is 6.54 Å². The largest absolute Gasteiger partial charge is 0.335 e. The molecule has 1 N–H and O–H groups in total. The van der Waals surface area contributed by atoms with Gasteiger partial charge in [-0.3, -0.25) is 0 Å². The molecule has 1 heterocycles. The molecule has 0 aliphatic heterocycles. The third-order valence-electron chi connectivity index (χ3n) is 3.24. The number of nitrogens with zero attached hydrogens (tertiary/aromatic N) is 2. The number of rotatable bonds is 8. The van der Waals surface area contributed by atoms with Crippen molar-refractivity contribution in [2.24, 2.45) is 5.41 Å². The van der Waals surface area contributed by atoms with Crippen molar-refractivity contribution in [3.63, 3.8) is 0 Å². The number of nitrogens with one attached hydrogen (secondary N) is 1. The van der Waals surface area contributed by atoms with Gasteiger partial charge in [-0.1, -0.05) is 34.6 Å². The van der Waals surface area contributed by atoms with Crippen LogP contribution in [0, 0.1) is 5.41 Å². The number of imidazole rings is 1. The third kappa shape index (κ3) is 6.24. The lowest BCUT2D eigenvalue weighted by atomic mass is 9.87. The number of hydrogen-bond donors (Lipinski definition) is 1. The van der Waals surface area contributed by atoms with Crippen molar-refractivity contribution < 1.29 is 0 Å². The zero-order valence-corrected chi connectivity index (χ0v) is 13.4. The van der Waals surface area contributed by atoms with E-state index < -0.39 is 0 Å². The quantitative estimate of drug-likeness (QED) is 0.777. The van der Waals surface area contributed by atoms with Gasteiger partial charge in [-0.2, -0.15) is 0 Å². The summed E-state index contributed by atoms with van der Waals surface area (Å²) >= 11 is 0. The van der Waals surface area contributed by atoms with Crippen LogP contribution in [-0.4, -0.2) is 22.1 Å². The summed E-state index contributed by atoms with van der Waals surface area (Å²) in [5.74, 6) is 1.22. The Labute approximate surface area is 118 Å². The normalized spacial score (nSPS) is 13.7. The van der Waals surface area contributed by atoms with E-state index in [1.165, 1.54) is 18.7 Å². The number of hydrogen-bond acceptors (Lipinski definition) is 2. The molecule has 3 nitrogen and oxygen atoms in total. The van der Waals surface area contributed by atoms with E-state index in [0.717, 1.165) is 25.9 Å². The molecule has 0 saturated heterocycles. The topological polar surface area (TPSA) is 29.9 Å². The standard InChI is InChI=1S/C16H31N3/c1-6-8-17-14(13-16(3,4)5)12-15-18-9-11-19(15)10-7-2/h9,11,14,17H,6-8,10,12-13H2,1-5H3. The van der Waals surface area contributed by atoms with Gasteiger partial charge in [0.1, 0.15) is 5.82 Å². The Morgan fingerprint density at radius 3 is 2.58 bits per heavy atom. The second-order valence-electron chi connectivity index (χ2n) is 6.66. The van der Waals surface area contributed by atoms with Gasteiger partial charge < -0.3 is 9.88 Å². The summed E-state index contributed by atoms with van der Waals surface area (Å²) in [5.41, 5.74) is 0.355. The SMILES string of the molecule is CCCNC(Cc1nccn1CCC)CC(C)(C)C. The fourth-order valence-corrected chi connectivity index (χ4v) is 2.50. The zero-order valence-electron chi connectivity index (χ0n) is 13.4.